The number of hydrogen-bond donors (Lipinski definition) is 3. The van der Waals surface area contributed by atoms with Crippen molar-refractivity contribution in [2.24, 2.45) is 0 Å². The molecule has 3 aromatic rings. The first-order valence-corrected chi connectivity index (χ1v) is 12.0. The summed E-state index contributed by atoms with van der Waals surface area (Å²) in [5.41, 5.74) is -1.80. The number of nitro benzene ring substituents is 1. The lowest BCUT2D eigenvalue weighted by Gasteiger charge is -2.23. The molecule has 0 fully saturated rings. The third kappa shape index (κ3) is 6.96. The Kier molecular flexibility index (Phi) is 9.04. The van der Waals surface area contributed by atoms with Gasteiger partial charge in [0, 0.05) is 37.8 Å². The highest BCUT2D eigenvalue weighted by atomic mass is 35.5. The zero-order valence-corrected chi connectivity index (χ0v) is 23.0. The van der Waals surface area contributed by atoms with E-state index < -0.39 is 27.2 Å². The molecule has 0 bridgehead atoms. The Labute approximate surface area is 228 Å². The van der Waals surface area contributed by atoms with Crippen LogP contribution in [0, 0.1) is 21.7 Å². The van der Waals surface area contributed by atoms with E-state index in [4.69, 9.17) is 16.3 Å². The van der Waals surface area contributed by atoms with Crippen LogP contribution < -0.4 is 20.3 Å². The number of halogens is 3. The van der Waals surface area contributed by atoms with Crippen molar-refractivity contribution < 1.29 is 23.5 Å². The number of likely N-dealkylation sites (N-methyl/N-ethyl adjacent to an activating group) is 2. The van der Waals surface area contributed by atoms with Crippen LogP contribution in [0.2, 0.25) is 5.02 Å². The van der Waals surface area contributed by atoms with Crippen molar-refractivity contribution in [3.63, 3.8) is 0 Å². The van der Waals surface area contributed by atoms with Crippen LogP contribution in [-0.2, 0) is 5.60 Å². The average molecular weight is 567 g/mol. The highest BCUT2D eigenvalue weighted by molar-refractivity contribution is 6.31. The molecule has 0 unspecified atom stereocenters. The van der Waals surface area contributed by atoms with Crippen molar-refractivity contribution in [3.05, 3.63) is 56.9 Å². The molecule has 3 rings (SSSR count). The molecule has 1 aromatic heterocycles. The summed E-state index contributed by atoms with van der Waals surface area (Å²) in [5.74, 6) is -2.08. The first-order valence-electron chi connectivity index (χ1n) is 11.6. The molecule has 12 nitrogen and oxygen atoms in total. The summed E-state index contributed by atoms with van der Waals surface area (Å²) >= 11 is 5.70. The van der Waals surface area contributed by atoms with Crippen molar-refractivity contribution >= 4 is 46.2 Å². The topological polar surface area (TPSA) is 142 Å². The van der Waals surface area contributed by atoms with Gasteiger partial charge >= 0.3 is 0 Å². The van der Waals surface area contributed by atoms with Crippen molar-refractivity contribution in [1.82, 2.24) is 19.9 Å². The van der Waals surface area contributed by atoms with Gasteiger partial charge in [-0.05, 0) is 34.0 Å². The second-order valence-corrected chi connectivity index (χ2v) is 9.75. The predicted octanol–water partition coefficient (Wildman–Crippen LogP) is 4.43. The first kappa shape index (κ1) is 29.7. The molecule has 39 heavy (non-hydrogen) atoms. The van der Waals surface area contributed by atoms with Gasteiger partial charge in [0.2, 0.25) is 11.9 Å². The van der Waals surface area contributed by atoms with Crippen molar-refractivity contribution in [2.75, 3.05) is 56.9 Å². The number of aliphatic hydroxyl groups is 1. The van der Waals surface area contributed by atoms with Crippen LogP contribution in [0.15, 0.2) is 24.5 Å². The van der Waals surface area contributed by atoms with E-state index >= 15 is 0 Å². The molecular weight excluding hydrogens is 538 g/mol. The van der Waals surface area contributed by atoms with Crippen LogP contribution in [0.25, 0.3) is 0 Å². The average Bonchev–Trinajstić information content (AvgIpc) is 2.85. The number of nitrogens with zero attached hydrogens (tertiary/aromatic N) is 6. The normalized spacial score (nSPS) is 11.5. The van der Waals surface area contributed by atoms with Crippen LogP contribution in [0.1, 0.15) is 19.4 Å². The fraction of sp³-hybridized carbons (Fsp3) is 0.375. The third-order valence-electron chi connectivity index (χ3n) is 5.63. The minimum Gasteiger partial charge on any atom is -0.494 e. The number of rotatable bonds is 11. The minimum absolute atomic E-state index is 0.0477. The zero-order valence-electron chi connectivity index (χ0n) is 22.2. The molecule has 0 aliphatic rings. The Bertz CT molecular complexity index is 1370. The van der Waals surface area contributed by atoms with Gasteiger partial charge in [-0.25, -0.2) is 18.7 Å². The van der Waals surface area contributed by atoms with Gasteiger partial charge in [-0.3, -0.25) is 10.1 Å². The van der Waals surface area contributed by atoms with Crippen LogP contribution in [0.5, 0.6) is 5.75 Å². The molecule has 2 aromatic carbocycles. The zero-order chi connectivity index (χ0) is 29.1. The van der Waals surface area contributed by atoms with Crippen LogP contribution >= 0.6 is 11.6 Å². The lowest BCUT2D eigenvalue weighted by molar-refractivity contribution is -0.384. The number of aromatic nitrogens is 3. The molecule has 0 aliphatic carbocycles. The molecule has 0 radical (unpaired) electrons. The van der Waals surface area contributed by atoms with E-state index in [1.807, 2.05) is 19.0 Å². The molecule has 0 spiro atoms. The molecular formula is C24H29ClF2N8O4. The number of nitro groups is 1. The maximum absolute atomic E-state index is 14.7. The number of benzene rings is 2. The summed E-state index contributed by atoms with van der Waals surface area (Å²) in [7, 11) is 6.96. The molecule has 210 valence electrons. The first-order chi connectivity index (χ1) is 18.2. The van der Waals surface area contributed by atoms with E-state index in [1.54, 1.807) is 11.9 Å². The standard InChI is InChI=1S/C24H29ClF2N8O4/c1-24(2,36)19-15(9-13(26)20(25)21(19)27)31-23-29-12-28-22(32-23)30-14-10-17(35(37)38)16(11-18(14)39-6)34(5)8-7-33(3)4/h9-12,36H,7-8H2,1-6H3,(H2,28,29,30,31,32). The van der Waals surface area contributed by atoms with Gasteiger partial charge < -0.3 is 30.3 Å². The van der Waals surface area contributed by atoms with Gasteiger partial charge in [0.25, 0.3) is 5.69 Å². The second-order valence-electron chi connectivity index (χ2n) is 9.37. The fourth-order valence-electron chi connectivity index (χ4n) is 3.70. The highest BCUT2D eigenvalue weighted by Gasteiger charge is 2.29. The fourth-order valence-corrected chi connectivity index (χ4v) is 3.85. The largest absolute Gasteiger partial charge is 0.494 e. The van der Waals surface area contributed by atoms with Gasteiger partial charge in [0.15, 0.2) is 5.82 Å². The van der Waals surface area contributed by atoms with Gasteiger partial charge in [-0.2, -0.15) is 4.98 Å². The number of anilines is 5. The summed E-state index contributed by atoms with van der Waals surface area (Å²) in [5, 5.41) is 27.1. The number of ether oxygens (including phenoxy) is 1. The predicted molar refractivity (Wildman–Crippen MR) is 144 cm³/mol. The quantitative estimate of drug-likeness (QED) is 0.172. The Morgan fingerprint density at radius 1 is 1.10 bits per heavy atom. The number of nitrogens with one attached hydrogen (secondary N) is 2. The summed E-state index contributed by atoms with van der Waals surface area (Å²) in [6.45, 7) is 3.83. The monoisotopic (exact) mass is 566 g/mol. The van der Waals surface area contributed by atoms with Crippen LogP contribution in [0.3, 0.4) is 0 Å². The van der Waals surface area contributed by atoms with Crippen molar-refractivity contribution in [1.29, 1.82) is 0 Å². The number of hydrogen-bond acceptors (Lipinski definition) is 11. The molecule has 0 saturated heterocycles. The lowest BCUT2D eigenvalue weighted by atomic mass is 9.95. The maximum atomic E-state index is 14.7. The lowest BCUT2D eigenvalue weighted by Crippen LogP contribution is -2.29. The molecule has 1 heterocycles. The molecule has 0 atom stereocenters. The van der Waals surface area contributed by atoms with E-state index in [0.717, 1.165) is 12.4 Å². The minimum atomic E-state index is -1.73. The summed E-state index contributed by atoms with van der Waals surface area (Å²) in [6, 6.07) is 3.74. The van der Waals surface area contributed by atoms with E-state index in [9.17, 15) is 24.0 Å². The second kappa shape index (κ2) is 11.9. The van der Waals surface area contributed by atoms with Crippen LogP contribution in [-0.4, -0.2) is 71.2 Å². The maximum Gasteiger partial charge on any atom is 0.294 e. The Balaban J connectivity index is 1.97. The number of methoxy groups -OCH3 is 1. The van der Waals surface area contributed by atoms with E-state index in [-0.39, 0.29) is 40.3 Å². The van der Waals surface area contributed by atoms with Crippen LogP contribution in [0.4, 0.5) is 43.4 Å². The van der Waals surface area contributed by atoms with Gasteiger partial charge in [0.05, 0.1) is 29.0 Å². The molecule has 3 N–H and O–H groups in total. The van der Waals surface area contributed by atoms with E-state index in [1.165, 1.54) is 33.1 Å². The summed E-state index contributed by atoms with van der Waals surface area (Å²) in [4.78, 5) is 27.2. The van der Waals surface area contributed by atoms with E-state index in [2.05, 4.69) is 25.6 Å². The highest BCUT2D eigenvalue weighted by Crippen LogP contribution is 2.39. The Morgan fingerprint density at radius 3 is 2.26 bits per heavy atom. The van der Waals surface area contributed by atoms with E-state index in [0.29, 0.717) is 18.8 Å². The van der Waals surface area contributed by atoms with Gasteiger partial charge in [-0.1, -0.05) is 11.6 Å². The molecule has 0 aliphatic heterocycles. The van der Waals surface area contributed by atoms with Crippen molar-refractivity contribution in [2.45, 2.75) is 19.4 Å². The summed E-state index contributed by atoms with van der Waals surface area (Å²) < 4.78 is 34.4. The Morgan fingerprint density at radius 2 is 1.72 bits per heavy atom. The summed E-state index contributed by atoms with van der Waals surface area (Å²) in [6.07, 6.45) is 1.12. The molecule has 0 saturated carbocycles. The third-order valence-corrected chi connectivity index (χ3v) is 5.97. The Hall–Kier alpha value is -3.88. The molecule has 0 amide bonds. The molecule has 15 heteroatoms. The smallest absolute Gasteiger partial charge is 0.294 e. The van der Waals surface area contributed by atoms with Gasteiger partial charge in [-0.15, -0.1) is 0 Å². The van der Waals surface area contributed by atoms with Crippen molar-refractivity contribution in [3.8, 4) is 5.75 Å². The van der Waals surface area contributed by atoms with Gasteiger partial charge in [0.1, 0.15) is 28.6 Å². The SMILES string of the molecule is COc1cc(N(C)CCN(C)C)c([N+](=O)[O-])cc1Nc1ncnc(Nc2cc(F)c(Cl)c(F)c2C(C)(C)O)n1.